The van der Waals surface area contributed by atoms with Gasteiger partial charge in [0.2, 0.25) is 6.29 Å². The van der Waals surface area contributed by atoms with Gasteiger partial charge in [0.25, 0.3) is 0 Å². The van der Waals surface area contributed by atoms with E-state index in [1.165, 1.54) is 13.4 Å². The number of ether oxygens (including phenoxy) is 4. The van der Waals surface area contributed by atoms with Crippen LogP contribution in [0.25, 0.3) is 0 Å². The van der Waals surface area contributed by atoms with E-state index < -0.39 is 61.6 Å². The minimum Gasteiger partial charge on any atom is -0.472 e. The summed E-state index contributed by atoms with van der Waals surface area (Å²) in [4.78, 5) is 12.0. The van der Waals surface area contributed by atoms with E-state index in [9.17, 15) is 30.3 Å². The van der Waals surface area contributed by atoms with Gasteiger partial charge in [0.05, 0.1) is 31.7 Å². The third-order valence-corrected chi connectivity index (χ3v) is 5.75. The Bertz CT molecular complexity index is 578. The topological polar surface area (TPSA) is 155 Å². The fourth-order valence-corrected chi connectivity index (χ4v) is 4.10. The molecule has 10 heteroatoms. The van der Waals surface area contributed by atoms with Gasteiger partial charge in [0, 0.05) is 11.8 Å². The number of carbonyl (C=O) groups is 1. The molecule has 5 N–H and O–H groups in total. The zero-order valence-electron chi connectivity index (χ0n) is 15.0. The zero-order valence-corrected chi connectivity index (χ0v) is 15.0. The lowest BCUT2D eigenvalue weighted by Crippen LogP contribution is -2.60. The molecule has 0 spiro atoms. The van der Waals surface area contributed by atoms with Crippen LogP contribution in [-0.4, -0.2) is 88.3 Å². The number of carbonyl (C=O) groups excluding carboxylic acids is 1. The molecule has 2 fully saturated rings. The van der Waals surface area contributed by atoms with E-state index in [0.717, 1.165) is 0 Å². The van der Waals surface area contributed by atoms with Gasteiger partial charge in [-0.15, -0.1) is 0 Å². The summed E-state index contributed by atoms with van der Waals surface area (Å²) < 4.78 is 21.4. The van der Waals surface area contributed by atoms with Crippen LogP contribution in [-0.2, 0) is 23.7 Å². The summed E-state index contributed by atoms with van der Waals surface area (Å²) in [5, 5.41) is 49.4. The van der Waals surface area contributed by atoms with Crippen molar-refractivity contribution in [1.82, 2.24) is 0 Å². The second-order valence-corrected chi connectivity index (χ2v) is 7.25. The van der Waals surface area contributed by atoms with Crippen LogP contribution in [0.5, 0.6) is 0 Å². The van der Waals surface area contributed by atoms with Gasteiger partial charge >= 0.3 is 5.97 Å². The van der Waals surface area contributed by atoms with Crippen molar-refractivity contribution >= 4 is 5.97 Å². The molecule has 10 nitrogen and oxygen atoms in total. The lowest BCUT2D eigenvalue weighted by atomic mass is 9.83. The highest BCUT2D eigenvalue weighted by molar-refractivity contribution is 5.89. The van der Waals surface area contributed by atoms with E-state index in [2.05, 4.69) is 0 Å². The number of fused-ring (bicyclic) bond motifs is 1. The van der Waals surface area contributed by atoms with E-state index in [1.54, 1.807) is 6.92 Å². The Morgan fingerprint density at radius 2 is 1.89 bits per heavy atom. The van der Waals surface area contributed by atoms with Crippen molar-refractivity contribution in [3.63, 3.8) is 0 Å². The van der Waals surface area contributed by atoms with Crippen LogP contribution in [0.3, 0.4) is 0 Å². The molecule has 1 saturated carbocycles. The number of aliphatic hydroxyl groups excluding tert-OH is 5. The highest BCUT2D eigenvalue weighted by Gasteiger charge is 2.53. The maximum Gasteiger partial charge on any atom is 0.337 e. The summed E-state index contributed by atoms with van der Waals surface area (Å²) in [6.07, 6.45) is -7.25. The number of hydrogen-bond donors (Lipinski definition) is 5. The summed E-state index contributed by atoms with van der Waals surface area (Å²) in [6, 6.07) is 0. The largest absolute Gasteiger partial charge is 0.472 e. The van der Waals surface area contributed by atoms with Crippen LogP contribution in [0, 0.1) is 17.8 Å². The Labute approximate surface area is 155 Å². The molecule has 0 aromatic carbocycles. The van der Waals surface area contributed by atoms with Crippen molar-refractivity contribution in [2.24, 2.45) is 17.8 Å². The smallest absolute Gasteiger partial charge is 0.337 e. The van der Waals surface area contributed by atoms with Gasteiger partial charge in [-0.05, 0) is 12.3 Å². The average molecular weight is 390 g/mol. The van der Waals surface area contributed by atoms with Gasteiger partial charge in [0.1, 0.15) is 24.4 Å². The number of aliphatic hydroxyl groups is 5. The maximum absolute atomic E-state index is 12.0. The fraction of sp³-hybridized carbons (Fsp3) is 0.824. The van der Waals surface area contributed by atoms with E-state index in [0.29, 0.717) is 12.0 Å². The SMILES string of the molecule is COC(=O)C1=CO[C@@H](O[C@@H]2O[C@H](CO)[C@@H](O)[C@H](O)[C@H]2O)[C@@H]2[C@@H](C)[C@H](O)C[C@@H]12. The molecule has 0 aromatic rings. The Kier molecular flexibility index (Phi) is 6.06. The molecular weight excluding hydrogens is 364 g/mol. The van der Waals surface area contributed by atoms with Gasteiger partial charge in [0.15, 0.2) is 6.29 Å². The quantitative estimate of drug-likeness (QED) is 0.336. The number of esters is 1. The summed E-state index contributed by atoms with van der Waals surface area (Å²) in [5.41, 5.74) is 0.291. The lowest BCUT2D eigenvalue weighted by Gasteiger charge is -2.43. The molecule has 1 aliphatic carbocycles. The molecule has 2 heterocycles. The molecule has 10 atom stereocenters. The number of hydrogen-bond acceptors (Lipinski definition) is 10. The van der Waals surface area contributed by atoms with Crippen molar-refractivity contribution in [1.29, 1.82) is 0 Å². The lowest BCUT2D eigenvalue weighted by molar-refractivity contribution is -0.342. The first-order chi connectivity index (χ1) is 12.8. The predicted octanol–water partition coefficient (Wildman–Crippen LogP) is -2.15. The minimum absolute atomic E-state index is 0.279. The van der Waals surface area contributed by atoms with E-state index in [1.807, 2.05) is 0 Å². The molecule has 0 amide bonds. The van der Waals surface area contributed by atoms with Crippen LogP contribution >= 0.6 is 0 Å². The summed E-state index contributed by atoms with van der Waals surface area (Å²) in [7, 11) is 1.25. The second-order valence-electron chi connectivity index (χ2n) is 7.25. The molecule has 0 aromatic heterocycles. The number of methoxy groups -OCH3 is 1. The van der Waals surface area contributed by atoms with Crippen molar-refractivity contribution < 1.29 is 49.3 Å². The fourth-order valence-electron chi connectivity index (χ4n) is 4.10. The molecule has 3 aliphatic rings. The van der Waals surface area contributed by atoms with Crippen LogP contribution in [0.15, 0.2) is 11.8 Å². The zero-order chi connectivity index (χ0) is 19.9. The van der Waals surface area contributed by atoms with Gasteiger partial charge < -0.3 is 44.5 Å². The van der Waals surface area contributed by atoms with Gasteiger partial charge in [-0.2, -0.15) is 0 Å². The van der Waals surface area contributed by atoms with Crippen LogP contribution < -0.4 is 0 Å². The summed E-state index contributed by atoms with van der Waals surface area (Å²) >= 11 is 0. The predicted molar refractivity (Wildman–Crippen MR) is 86.6 cm³/mol. The Hall–Kier alpha value is -1.27. The van der Waals surface area contributed by atoms with Crippen molar-refractivity contribution in [2.75, 3.05) is 13.7 Å². The van der Waals surface area contributed by atoms with Gasteiger partial charge in [-0.25, -0.2) is 4.79 Å². The molecule has 2 aliphatic heterocycles. The molecule has 154 valence electrons. The highest BCUT2D eigenvalue weighted by Crippen LogP contribution is 2.47. The van der Waals surface area contributed by atoms with Crippen LogP contribution in [0.2, 0.25) is 0 Å². The number of rotatable bonds is 4. The van der Waals surface area contributed by atoms with Crippen molar-refractivity contribution in [3.05, 3.63) is 11.8 Å². The molecule has 0 unspecified atom stereocenters. The highest BCUT2D eigenvalue weighted by atomic mass is 16.8. The van der Waals surface area contributed by atoms with Crippen LogP contribution in [0.1, 0.15) is 13.3 Å². The first kappa shape index (κ1) is 20.5. The first-order valence-electron chi connectivity index (χ1n) is 8.88. The molecule has 1 saturated heterocycles. The van der Waals surface area contributed by atoms with Gasteiger partial charge in [-0.3, -0.25) is 0 Å². The Morgan fingerprint density at radius 1 is 1.19 bits per heavy atom. The Morgan fingerprint density at radius 3 is 2.52 bits per heavy atom. The third-order valence-electron chi connectivity index (χ3n) is 5.75. The summed E-state index contributed by atoms with van der Waals surface area (Å²) in [5.74, 6) is -1.63. The molecule has 27 heavy (non-hydrogen) atoms. The Balaban J connectivity index is 1.80. The van der Waals surface area contributed by atoms with E-state index in [4.69, 9.17) is 18.9 Å². The summed E-state index contributed by atoms with van der Waals surface area (Å²) in [6.45, 7) is 1.21. The first-order valence-corrected chi connectivity index (χ1v) is 8.88. The van der Waals surface area contributed by atoms with Gasteiger partial charge in [-0.1, -0.05) is 6.92 Å². The normalized spacial score (nSPS) is 47.0. The monoisotopic (exact) mass is 390 g/mol. The molecular formula is C17H26O10. The van der Waals surface area contributed by atoms with E-state index in [-0.39, 0.29) is 11.8 Å². The van der Waals surface area contributed by atoms with E-state index >= 15 is 0 Å². The van der Waals surface area contributed by atoms with Crippen molar-refractivity contribution in [2.45, 2.75) is 56.4 Å². The molecule has 0 bridgehead atoms. The average Bonchev–Trinajstić information content (AvgIpc) is 2.96. The third kappa shape index (κ3) is 3.58. The second kappa shape index (κ2) is 8.00. The standard InChI is InChI=1S/C17H26O10/c1-6-9(19)3-7-8(15(23)24-2)5-25-16(11(6)7)27-17-14(22)13(21)12(20)10(4-18)26-17/h5-7,9-14,16-22H,3-4H2,1-2H3/t6-,7-,9+,10+,11+,12+,13-,14+,16-,17-/m0/s1. The van der Waals surface area contributed by atoms with Crippen LogP contribution in [0.4, 0.5) is 0 Å². The molecule has 3 rings (SSSR count). The van der Waals surface area contributed by atoms with Crippen molar-refractivity contribution in [3.8, 4) is 0 Å². The minimum atomic E-state index is -1.58. The maximum atomic E-state index is 12.0. The molecule has 0 radical (unpaired) electrons.